The fourth-order valence-electron chi connectivity index (χ4n) is 1.59. The quantitative estimate of drug-likeness (QED) is 0.510. The summed E-state index contributed by atoms with van der Waals surface area (Å²) in [5.74, 6) is 0.585. The molecule has 0 amide bonds. The summed E-state index contributed by atoms with van der Waals surface area (Å²) in [6, 6.07) is 0. The van der Waals surface area contributed by atoms with Gasteiger partial charge in [-0.25, -0.2) is 4.39 Å². The molecule has 0 N–H and O–H groups in total. The Morgan fingerprint density at radius 2 is 2.27 bits per heavy atom. The van der Waals surface area contributed by atoms with Crippen LogP contribution in [0.15, 0.2) is 12.2 Å². The van der Waals surface area contributed by atoms with E-state index in [1.807, 2.05) is 0 Å². The molecule has 0 radical (unpaired) electrons. The normalized spacial score (nSPS) is 32.9. The van der Waals surface area contributed by atoms with Crippen LogP contribution in [0.4, 0.5) is 4.39 Å². The maximum Gasteiger partial charge on any atom is 0.101 e. The van der Waals surface area contributed by atoms with Crippen LogP contribution in [-0.4, -0.2) is 6.17 Å². The first kappa shape index (κ1) is 8.76. The Kier molecular flexibility index (Phi) is 3.61. The van der Waals surface area contributed by atoms with Crippen LogP contribution in [0, 0.1) is 5.92 Å². The van der Waals surface area contributed by atoms with E-state index >= 15 is 0 Å². The maximum absolute atomic E-state index is 13.0. The maximum atomic E-state index is 13.0. The Bertz CT molecular complexity index is 129. The van der Waals surface area contributed by atoms with Gasteiger partial charge in [0.1, 0.15) is 6.17 Å². The molecule has 0 saturated heterocycles. The van der Waals surface area contributed by atoms with Gasteiger partial charge in [-0.2, -0.15) is 0 Å². The predicted molar refractivity (Wildman–Crippen MR) is 46.3 cm³/mol. The van der Waals surface area contributed by atoms with E-state index in [4.69, 9.17) is 0 Å². The summed E-state index contributed by atoms with van der Waals surface area (Å²) < 4.78 is 13.0. The Labute approximate surface area is 68.5 Å². The summed E-state index contributed by atoms with van der Waals surface area (Å²) in [6.07, 6.45) is 8.41. The highest BCUT2D eigenvalue weighted by molar-refractivity contribution is 4.87. The monoisotopic (exact) mass is 156 g/mol. The molecule has 0 fully saturated rings. The summed E-state index contributed by atoms with van der Waals surface area (Å²) in [7, 11) is 0. The number of hydrogen-bond donors (Lipinski definition) is 0. The average Bonchev–Trinajstić information content (AvgIpc) is 1.96. The van der Waals surface area contributed by atoms with Crippen LogP contribution < -0.4 is 0 Å². The highest BCUT2D eigenvalue weighted by atomic mass is 19.1. The molecule has 0 aromatic heterocycles. The lowest BCUT2D eigenvalue weighted by Gasteiger charge is -2.17. The molecule has 0 aromatic rings. The Morgan fingerprint density at radius 1 is 1.45 bits per heavy atom. The summed E-state index contributed by atoms with van der Waals surface area (Å²) in [5, 5.41) is 0. The van der Waals surface area contributed by atoms with Gasteiger partial charge in [0, 0.05) is 0 Å². The lowest BCUT2D eigenvalue weighted by Crippen LogP contribution is -2.09. The molecule has 1 heteroatoms. The van der Waals surface area contributed by atoms with E-state index in [2.05, 4.69) is 19.1 Å². The van der Waals surface area contributed by atoms with Gasteiger partial charge in [-0.15, -0.1) is 0 Å². The Morgan fingerprint density at radius 3 is 3.00 bits per heavy atom. The third-order valence-electron chi connectivity index (χ3n) is 2.45. The van der Waals surface area contributed by atoms with Crippen molar-refractivity contribution in [3.05, 3.63) is 12.2 Å². The SMILES string of the molecule is CCC1CC=CCCC(F)C1. The van der Waals surface area contributed by atoms with Crippen LogP contribution in [-0.2, 0) is 0 Å². The van der Waals surface area contributed by atoms with Gasteiger partial charge in [0.15, 0.2) is 0 Å². The zero-order valence-electron chi connectivity index (χ0n) is 7.22. The molecule has 0 heterocycles. The van der Waals surface area contributed by atoms with Crippen LogP contribution in [0.25, 0.3) is 0 Å². The van der Waals surface area contributed by atoms with Crippen molar-refractivity contribution in [1.29, 1.82) is 0 Å². The minimum atomic E-state index is -0.551. The number of rotatable bonds is 1. The van der Waals surface area contributed by atoms with Crippen molar-refractivity contribution in [3.63, 3.8) is 0 Å². The van der Waals surface area contributed by atoms with Crippen molar-refractivity contribution >= 4 is 0 Å². The number of halogens is 1. The lowest BCUT2D eigenvalue weighted by atomic mass is 9.92. The first-order valence-electron chi connectivity index (χ1n) is 4.62. The number of hydrogen-bond acceptors (Lipinski definition) is 0. The lowest BCUT2D eigenvalue weighted by molar-refractivity contribution is 0.248. The molecule has 64 valence electrons. The van der Waals surface area contributed by atoms with E-state index in [9.17, 15) is 4.39 Å². The molecule has 1 aliphatic carbocycles. The molecule has 0 aliphatic heterocycles. The third-order valence-corrected chi connectivity index (χ3v) is 2.45. The van der Waals surface area contributed by atoms with Gasteiger partial charge in [-0.05, 0) is 31.6 Å². The van der Waals surface area contributed by atoms with E-state index in [-0.39, 0.29) is 0 Å². The first-order valence-corrected chi connectivity index (χ1v) is 4.62. The molecule has 2 unspecified atom stereocenters. The molecular weight excluding hydrogens is 139 g/mol. The molecule has 0 bridgehead atoms. The number of alkyl halides is 1. The van der Waals surface area contributed by atoms with Crippen LogP contribution in [0.3, 0.4) is 0 Å². The topological polar surface area (TPSA) is 0 Å². The van der Waals surface area contributed by atoms with Gasteiger partial charge in [0.25, 0.3) is 0 Å². The van der Waals surface area contributed by atoms with Crippen LogP contribution >= 0.6 is 0 Å². The summed E-state index contributed by atoms with van der Waals surface area (Å²) in [6.45, 7) is 2.15. The van der Waals surface area contributed by atoms with Gasteiger partial charge in [0.2, 0.25) is 0 Å². The largest absolute Gasteiger partial charge is 0.247 e. The zero-order chi connectivity index (χ0) is 8.10. The van der Waals surface area contributed by atoms with Crippen molar-refractivity contribution < 1.29 is 4.39 Å². The van der Waals surface area contributed by atoms with E-state index in [0.29, 0.717) is 5.92 Å². The second-order valence-electron chi connectivity index (χ2n) is 3.39. The highest BCUT2D eigenvalue weighted by Gasteiger charge is 2.14. The average molecular weight is 156 g/mol. The van der Waals surface area contributed by atoms with Crippen molar-refractivity contribution in [2.75, 3.05) is 0 Å². The van der Waals surface area contributed by atoms with E-state index < -0.39 is 6.17 Å². The van der Waals surface area contributed by atoms with Gasteiger partial charge in [-0.3, -0.25) is 0 Å². The summed E-state index contributed by atoms with van der Waals surface area (Å²) in [5.41, 5.74) is 0. The van der Waals surface area contributed by atoms with Gasteiger partial charge in [-0.1, -0.05) is 25.5 Å². The fourth-order valence-corrected chi connectivity index (χ4v) is 1.59. The molecule has 0 saturated carbocycles. The Balaban J connectivity index is 2.41. The van der Waals surface area contributed by atoms with Crippen LogP contribution in [0.5, 0.6) is 0 Å². The third kappa shape index (κ3) is 3.04. The zero-order valence-corrected chi connectivity index (χ0v) is 7.22. The fraction of sp³-hybridized carbons (Fsp3) is 0.800. The minimum Gasteiger partial charge on any atom is -0.247 e. The van der Waals surface area contributed by atoms with Gasteiger partial charge >= 0.3 is 0 Å². The van der Waals surface area contributed by atoms with Gasteiger partial charge in [0.05, 0.1) is 0 Å². The standard InChI is InChI=1S/C10H17F/c1-2-9-6-4-3-5-7-10(11)8-9/h3-4,9-10H,2,5-8H2,1H3. The summed E-state index contributed by atoms with van der Waals surface area (Å²) in [4.78, 5) is 0. The smallest absolute Gasteiger partial charge is 0.101 e. The molecule has 0 aromatic carbocycles. The second kappa shape index (κ2) is 4.53. The van der Waals surface area contributed by atoms with Crippen molar-refractivity contribution in [1.82, 2.24) is 0 Å². The molecule has 0 spiro atoms. The Hall–Kier alpha value is -0.330. The predicted octanol–water partition coefficient (Wildman–Crippen LogP) is 3.48. The molecular formula is C10H17F. The minimum absolute atomic E-state index is 0.551. The van der Waals surface area contributed by atoms with Gasteiger partial charge < -0.3 is 0 Å². The second-order valence-corrected chi connectivity index (χ2v) is 3.39. The van der Waals surface area contributed by atoms with Crippen molar-refractivity contribution in [2.24, 2.45) is 5.92 Å². The van der Waals surface area contributed by atoms with E-state index in [1.54, 1.807) is 0 Å². The van der Waals surface area contributed by atoms with Crippen molar-refractivity contribution in [3.8, 4) is 0 Å². The van der Waals surface area contributed by atoms with Crippen LogP contribution in [0.1, 0.15) is 39.0 Å². The van der Waals surface area contributed by atoms with E-state index in [0.717, 1.165) is 32.1 Å². The molecule has 11 heavy (non-hydrogen) atoms. The first-order chi connectivity index (χ1) is 5.33. The summed E-state index contributed by atoms with van der Waals surface area (Å²) >= 11 is 0. The highest BCUT2D eigenvalue weighted by Crippen LogP contribution is 2.22. The molecule has 1 aliphatic rings. The van der Waals surface area contributed by atoms with Crippen molar-refractivity contribution in [2.45, 2.75) is 45.2 Å². The number of allylic oxidation sites excluding steroid dienone is 2. The molecule has 2 atom stereocenters. The van der Waals surface area contributed by atoms with Crippen LogP contribution in [0.2, 0.25) is 0 Å². The molecule has 1 rings (SSSR count). The van der Waals surface area contributed by atoms with E-state index in [1.165, 1.54) is 0 Å². The molecule has 0 nitrogen and oxygen atoms in total.